The first-order valence-electron chi connectivity index (χ1n) is 6.87. The van der Waals surface area contributed by atoms with Crippen LogP contribution in [0.3, 0.4) is 0 Å². The molecule has 3 rings (SSSR count). The zero-order chi connectivity index (χ0) is 16.4. The quantitative estimate of drug-likeness (QED) is 0.724. The molecule has 2 N–H and O–H groups in total. The van der Waals surface area contributed by atoms with Crippen LogP contribution < -0.4 is 4.72 Å². The first-order valence-corrected chi connectivity index (χ1v) is 9.61. The number of hydrogen-bond acceptors (Lipinski definition) is 4. The summed E-state index contributed by atoms with van der Waals surface area (Å²) in [5.41, 5.74) is 0.715. The molecule has 0 radical (unpaired) electrons. The van der Waals surface area contributed by atoms with Crippen molar-refractivity contribution >= 4 is 43.0 Å². The first-order chi connectivity index (χ1) is 11.0. The second-order valence-electron chi connectivity index (χ2n) is 4.99. The zero-order valence-electron chi connectivity index (χ0n) is 11.9. The van der Waals surface area contributed by atoms with E-state index in [1.54, 1.807) is 12.1 Å². The summed E-state index contributed by atoms with van der Waals surface area (Å²) in [4.78, 5) is 0.00374. The molecule has 0 amide bonds. The molecule has 0 saturated carbocycles. The Morgan fingerprint density at radius 3 is 2.61 bits per heavy atom. The molecule has 1 aromatic heterocycles. The van der Waals surface area contributed by atoms with E-state index in [1.807, 2.05) is 29.6 Å². The van der Waals surface area contributed by atoms with Crippen LogP contribution in [-0.4, -0.2) is 20.1 Å². The average molecular weight is 368 g/mol. The summed E-state index contributed by atoms with van der Waals surface area (Å²) in [6, 6.07) is 13.9. The van der Waals surface area contributed by atoms with E-state index >= 15 is 0 Å². The Balaban J connectivity index is 1.79. The third-order valence-electron chi connectivity index (χ3n) is 3.46. The van der Waals surface area contributed by atoms with Crippen molar-refractivity contribution in [3.63, 3.8) is 0 Å². The lowest BCUT2D eigenvalue weighted by atomic mass is 10.1. The molecule has 4 nitrogen and oxygen atoms in total. The lowest BCUT2D eigenvalue weighted by molar-refractivity contribution is 0.184. The van der Waals surface area contributed by atoms with Crippen LogP contribution in [0.1, 0.15) is 11.7 Å². The Morgan fingerprint density at radius 1 is 1.13 bits per heavy atom. The SMILES string of the molecule is O=S(=O)(NC[C@H](O)c1csc2ccccc12)c1ccccc1Cl. The summed E-state index contributed by atoms with van der Waals surface area (Å²) in [6.07, 6.45) is -0.927. The van der Waals surface area contributed by atoms with Gasteiger partial charge in [-0.2, -0.15) is 0 Å². The van der Waals surface area contributed by atoms with Gasteiger partial charge in [-0.3, -0.25) is 0 Å². The van der Waals surface area contributed by atoms with Gasteiger partial charge < -0.3 is 5.11 Å². The summed E-state index contributed by atoms with van der Waals surface area (Å²) in [5.74, 6) is 0. The summed E-state index contributed by atoms with van der Waals surface area (Å²) >= 11 is 7.44. The Labute approximate surface area is 143 Å². The van der Waals surface area contributed by atoms with Gasteiger partial charge >= 0.3 is 0 Å². The highest BCUT2D eigenvalue weighted by Crippen LogP contribution is 2.30. The second kappa shape index (κ2) is 6.59. The minimum absolute atomic E-state index is 0.00374. The fourth-order valence-electron chi connectivity index (χ4n) is 2.30. The molecule has 23 heavy (non-hydrogen) atoms. The molecule has 0 aliphatic carbocycles. The third-order valence-corrected chi connectivity index (χ3v) is 6.37. The second-order valence-corrected chi connectivity index (χ2v) is 8.04. The highest BCUT2D eigenvalue weighted by atomic mass is 35.5. The predicted molar refractivity (Wildman–Crippen MR) is 93.4 cm³/mol. The lowest BCUT2D eigenvalue weighted by Gasteiger charge is -2.12. The van der Waals surface area contributed by atoms with Crippen molar-refractivity contribution in [2.45, 2.75) is 11.0 Å². The monoisotopic (exact) mass is 367 g/mol. The fourth-order valence-corrected chi connectivity index (χ4v) is 4.86. The van der Waals surface area contributed by atoms with Crippen LogP contribution in [0, 0.1) is 0 Å². The van der Waals surface area contributed by atoms with Crippen LogP contribution in [0.4, 0.5) is 0 Å². The maximum absolute atomic E-state index is 12.3. The molecular weight excluding hydrogens is 354 g/mol. The van der Waals surface area contributed by atoms with Gasteiger partial charge in [0.15, 0.2) is 0 Å². The third kappa shape index (κ3) is 3.41. The van der Waals surface area contributed by atoms with Crippen LogP contribution in [0.2, 0.25) is 5.02 Å². The van der Waals surface area contributed by atoms with E-state index in [9.17, 15) is 13.5 Å². The average Bonchev–Trinajstić information content (AvgIpc) is 2.97. The van der Waals surface area contributed by atoms with E-state index in [1.165, 1.54) is 23.5 Å². The standard InChI is InChI=1S/C16H14ClNO3S2/c17-13-6-2-4-8-16(13)23(20,21)18-9-14(19)12-10-22-15-7-3-1-5-11(12)15/h1-8,10,14,18-19H,9H2/t14-/m0/s1. The molecule has 0 spiro atoms. The van der Waals surface area contributed by atoms with E-state index in [-0.39, 0.29) is 16.5 Å². The Bertz CT molecular complexity index is 937. The van der Waals surface area contributed by atoms with Crippen molar-refractivity contribution in [1.29, 1.82) is 0 Å². The van der Waals surface area contributed by atoms with Gasteiger partial charge in [-0.1, -0.05) is 41.9 Å². The molecule has 7 heteroatoms. The number of fused-ring (bicyclic) bond motifs is 1. The maximum Gasteiger partial charge on any atom is 0.242 e. The van der Waals surface area contributed by atoms with E-state index in [4.69, 9.17) is 11.6 Å². The number of hydrogen-bond donors (Lipinski definition) is 2. The molecule has 0 aliphatic rings. The smallest absolute Gasteiger partial charge is 0.242 e. The van der Waals surface area contributed by atoms with Gasteiger partial charge in [-0.15, -0.1) is 11.3 Å². The van der Waals surface area contributed by atoms with Gasteiger partial charge in [-0.25, -0.2) is 13.1 Å². The summed E-state index contributed by atoms with van der Waals surface area (Å²) in [7, 11) is -3.77. The topological polar surface area (TPSA) is 66.4 Å². The number of nitrogens with one attached hydrogen (secondary N) is 1. The van der Waals surface area contributed by atoms with Crippen molar-refractivity contribution in [3.05, 3.63) is 64.5 Å². The largest absolute Gasteiger partial charge is 0.387 e. The maximum atomic E-state index is 12.3. The van der Waals surface area contributed by atoms with Gasteiger partial charge in [0.25, 0.3) is 0 Å². The molecule has 3 aromatic rings. The highest BCUT2D eigenvalue weighted by Gasteiger charge is 2.20. The number of benzene rings is 2. The van der Waals surface area contributed by atoms with Crippen molar-refractivity contribution in [3.8, 4) is 0 Å². The number of sulfonamides is 1. The summed E-state index contributed by atoms with van der Waals surface area (Å²) in [5, 5.41) is 13.3. The minimum Gasteiger partial charge on any atom is -0.387 e. The molecule has 120 valence electrons. The van der Waals surface area contributed by atoms with Crippen LogP contribution in [0.15, 0.2) is 58.8 Å². The molecule has 0 saturated heterocycles. The van der Waals surface area contributed by atoms with Crippen LogP contribution >= 0.6 is 22.9 Å². The normalized spacial score (nSPS) is 13.3. The highest BCUT2D eigenvalue weighted by molar-refractivity contribution is 7.89. The predicted octanol–water partition coefficient (Wildman–Crippen LogP) is 3.57. The zero-order valence-corrected chi connectivity index (χ0v) is 14.3. The van der Waals surface area contributed by atoms with Crippen molar-refractivity contribution in [1.82, 2.24) is 4.72 Å². The summed E-state index contributed by atoms with van der Waals surface area (Å²) in [6.45, 7) is -0.117. The Hall–Kier alpha value is -1.44. The fraction of sp³-hybridized carbons (Fsp3) is 0.125. The van der Waals surface area contributed by atoms with Crippen LogP contribution in [0.25, 0.3) is 10.1 Å². The van der Waals surface area contributed by atoms with Gasteiger partial charge in [-0.05, 0) is 29.0 Å². The molecule has 0 aliphatic heterocycles. The van der Waals surface area contributed by atoms with E-state index in [0.29, 0.717) is 5.56 Å². The molecule has 2 aromatic carbocycles. The Kier molecular flexibility index (Phi) is 4.70. The molecule has 0 unspecified atom stereocenters. The number of thiophene rings is 1. The molecule has 0 fully saturated rings. The molecular formula is C16H14ClNO3S2. The van der Waals surface area contributed by atoms with E-state index in [2.05, 4.69) is 4.72 Å². The first kappa shape index (κ1) is 16.4. The number of halogens is 1. The van der Waals surface area contributed by atoms with E-state index in [0.717, 1.165) is 10.1 Å². The van der Waals surface area contributed by atoms with Crippen LogP contribution in [-0.2, 0) is 10.0 Å². The lowest BCUT2D eigenvalue weighted by Crippen LogP contribution is -2.28. The molecule has 0 bridgehead atoms. The molecule has 1 heterocycles. The Morgan fingerprint density at radius 2 is 1.83 bits per heavy atom. The number of aliphatic hydroxyl groups is 1. The minimum atomic E-state index is -3.77. The van der Waals surface area contributed by atoms with Crippen molar-refractivity contribution in [2.24, 2.45) is 0 Å². The van der Waals surface area contributed by atoms with Gasteiger partial charge in [0.1, 0.15) is 4.90 Å². The van der Waals surface area contributed by atoms with Crippen molar-refractivity contribution in [2.75, 3.05) is 6.54 Å². The summed E-state index contributed by atoms with van der Waals surface area (Å²) < 4.78 is 28.0. The van der Waals surface area contributed by atoms with Gasteiger partial charge in [0.05, 0.1) is 11.1 Å². The van der Waals surface area contributed by atoms with Crippen molar-refractivity contribution < 1.29 is 13.5 Å². The van der Waals surface area contributed by atoms with Gasteiger partial charge in [0, 0.05) is 16.8 Å². The van der Waals surface area contributed by atoms with Gasteiger partial charge in [0.2, 0.25) is 10.0 Å². The van der Waals surface area contributed by atoms with E-state index < -0.39 is 16.1 Å². The number of aliphatic hydroxyl groups excluding tert-OH is 1. The number of rotatable bonds is 5. The molecule has 1 atom stereocenters. The van der Waals surface area contributed by atoms with Crippen LogP contribution in [0.5, 0.6) is 0 Å².